The van der Waals surface area contributed by atoms with Crippen molar-refractivity contribution in [3.63, 3.8) is 0 Å². The van der Waals surface area contributed by atoms with Gasteiger partial charge in [0.05, 0.1) is 26.4 Å². The maximum absolute atomic E-state index is 13.1. The van der Waals surface area contributed by atoms with E-state index in [1.54, 1.807) is 0 Å². The van der Waals surface area contributed by atoms with E-state index in [-0.39, 0.29) is 25.7 Å². The van der Waals surface area contributed by atoms with E-state index in [9.17, 15) is 43.2 Å². The molecule has 0 aliphatic carbocycles. The third-order valence-corrected chi connectivity index (χ3v) is 21.4. The molecular formula is C83H162O17P2. The minimum absolute atomic E-state index is 0.108. The zero-order chi connectivity index (χ0) is 74.9. The number of phosphoric ester groups is 2. The van der Waals surface area contributed by atoms with Crippen molar-refractivity contribution in [1.82, 2.24) is 0 Å². The van der Waals surface area contributed by atoms with Gasteiger partial charge in [-0.05, 0) is 37.5 Å². The molecule has 0 saturated heterocycles. The summed E-state index contributed by atoms with van der Waals surface area (Å²) in [6, 6.07) is 0. The van der Waals surface area contributed by atoms with Gasteiger partial charge in [0, 0.05) is 25.7 Å². The van der Waals surface area contributed by atoms with E-state index >= 15 is 0 Å². The molecule has 0 spiro atoms. The number of unbranched alkanes of at least 4 members (excludes halogenated alkanes) is 52. The molecule has 0 heterocycles. The highest BCUT2D eigenvalue weighted by atomic mass is 31.2. The molecule has 606 valence electrons. The number of ether oxygens (including phenoxy) is 4. The number of aliphatic hydroxyl groups excluding tert-OH is 1. The summed E-state index contributed by atoms with van der Waals surface area (Å²) in [5.74, 6) is -0.565. The molecule has 3 N–H and O–H groups in total. The molecule has 0 fully saturated rings. The van der Waals surface area contributed by atoms with Gasteiger partial charge in [-0.1, -0.05) is 388 Å². The summed E-state index contributed by atoms with van der Waals surface area (Å²) in [4.78, 5) is 73.2. The summed E-state index contributed by atoms with van der Waals surface area (Å²) in [6.07, 6.45) is 65.1. The number of esters is 4. The summed E-state index contributed by atoms with van der Waals surface area (Å²) in [7, 11) is -9.92. The van der Waals surface area contributed by atoms with Gasteiger partial charge in [-0.2, -0.15) is 0 Å². The summed E-state index contributed by atoms with van der Waals surface area (Å²) in [6.45, 7) is 9.66. The molecular weight excluding hydrogens is 1330 g/mol. The predicted octanol–water partition coefficient (Wildman–Crippen LogP) is 25.1. The van der Waals surface area contributed by atoms with Gasteiger partial charge >= 0.3 is 39.5 Å². The zero-order valence-corrected chi connectivity index (χ0v) is 68.7. The number of hydrogen-bond donors (Lipinski definition) is 3. The Kier molecular flexibility index (Phi) is 73.1. The van der Waals surface area contributed by atoms with Gasteiger partial charge in [0.15, 0.2) is 12.2 Å². The van der Waals surface area contributed by atoms with Crippen LogP contribution in [-0.4, -0.2) is 96.7 Å². The third kappa shape index (κ3) is 76.3. The van der Waals surface area contributed by atoms with Crippen LogP contribution in [0.3, 0.4) is 0 Å². The first-order chi connectivity index (χ1) is 49.4. The average molecular weight is 1490 g/mol. The maximum Gasteiger partial charge on any atom is 0.472 e. The molecule has 2 unspecified atom stereocenters. The number of phosphoric acid groups is 2. The lowest BCUT2D eigenvalue weighted by Crippen LogP contribution is -2.30. The average Bonchev–Trinajstić information content (AvgIpc) is 0.920. The first-order valence-corrected chi connectivity index (χ1v) is 46.0. The highest BCUT2D eigenvalue weighted by Gasteiger charge is 2.30. The molecule has 102 heavy (non-hydrogen) atoms. The first kappa shape index (κ1) is 100. The summed E-state index contributed by atoms with van der Waals surface area (Å²) in [5.41, 5.74) is 0. The van der Waals surface area contributed by atoms with Gasteiger partial charge in [-0.25, -0.2) is 9.13 Å². The van der Waals surface area contributed by atoms with Crippen LogP contribution in [0.4, 0.5) is 0 Å². The molecule has 0 aromatic carbocycles. The molecule has 0 saturated carbocycles. The van der Waals surface area contributed by atoms with Crippen molar-refractivity contribution in [3.8, 4) is 0 Å². The van der Waals surface area contributed by atoms with Crippen LogP contribution < -0.4 is 0 Å². The Morgan fingerprint density at radius 1 is 0.265 bits per heavy atom. The Hall–Kier alpha value is -1.94. The lowest BCUT2D eigenvalue weighted by atomic mass is 10.0. The lowest BCUT2D eigenvalue weighted by molar-refractivity contribution is -0.161. The molecule has 17 nitrogen and oxygen atoms in total. The SMILES string of the molecule is CCCCCCCCCCCCCCCCCCCC(=O)OC[C@H](COP(=O)(O)OC[C@@H](O)COP(=O)(O)OC[C@@H](COC(=O)CCCCCCCCCCCC(C)C)OC(=O)CCCCCCCCCCCCCCCCCC)OC(=O)CCCCCCCCCCCCCCCCC(C)C. The number of carbonyl (C=O) groups excluding carboxylic acids is 4. The Morgan fingerprint density at radius 2 is 0.451 bits per heavy atom. The van der Waals surface area contributed by atoms with E-state index < -0.39 is 97.5 Å². The number of carbonyl (C=O) groups is 4. The fraction of sp³-hybridized carbons (Fsp3) is 0.952. The number of aliphatic hydroxyl groups is 1. The van der Waals surface area contributed by atoms with E-state index in [2.05, 4.69) is 41.5 Å². The van der Waals surface area contributed by atoms with Crippen molar-refractivity contribution in [3.05, 3.63) is 0 Å². The van der Waals surface area contributed by atoms with E-state index in [0.29, 0.717) is 25.7 Å². The van der Waals surface area contributed by atoms with Crippen molar-refractivity contribution >= 4 is 39.5 Å². The van der Waals surface area contributed by atoms with E-state index in [1.807, 2.05) is 0 Å². The largest absolute Gasteiger partial charge is 0.472 e. The third-order valence-electron chi connectivity index (χ3n) is 19.5. The molecule has 0 amide bonds. The smallest absolute Gasteiger partial charge is 0.462 e. The standard InChI is InChI=1S/C83H162O17P2/c1-7-9-11-13-15-17-19-21-23-25-27-31-35-41-47-53-59-65-80(85)93-71-78(99-83(88)68-62-56-50-43-37-33-29-28-30-34-39-45-51-57-63-75(3)4)73-97-101(89,90)95-69-77(84)70-96-102(91,92)98-74-79(72-94-81(86)66-60-54-48-44-38-40-46-52-58-64-76(5)6)100-82(87)67-61-55-49-42-36-32-26-24-22-20-18-16-14-12-10-8-2/h75-79,84H,7-74H2,1-6H3,(H,89,90)(H,91,92)/t77-,78-,79-/m1/s1. The number of hydrogen-bond acceptors (Lipinski definition) is 15. The normalized spacial score (nSPS) is 13.9. The van der Waals surface area contributed by atoms with Crippen LogP contribution in [0.15, 0.2) is 0 Å². The molecule has 0 rings (SSSR count). The second-order valence-electron chi connectivity index (χ2n) is 30.8. The second kappa shape index (κ2) is 74.5. The molecule has 0 radical (unpaired) electrons. The van der Waals surface area contributed by atoms with Crippen LogP contribution in [-0.2, 0) is 65.4 Å². The van der Waals surface area contributed by atoms with Crippen molar-refractivity contribution in [2.45, 2.75) is 458 Å². The Balaban J connectivity index is 5.26. The zero-order valence-electron chi connectivity index (χ0n) is 66.9. The van der Waals surface area contributed by atoms with Gasteiger partial charge in [0.25, 0.3) is 0 Å². The molecule has 5 atom stereocenters. The Morgan fingerprint density at radius 3 is 0.667 bits per heavy atom. The predicted molar refractivity (Wildman–Crippen MR) is 418 cm³/mol. The lowest BCUT2D eigenvalue weighted by Gasteiger charge is -2.21. The monoisotopic (exact) mass is 1490 g/mol. The van der Waals surface area contributed by atoms with E-state index in [4.69, 9.17) is 37.0 Å². The molecule has 0 aliphatic rings. The Bertz CT molecular complexity index is 1960. The molecule has 0 bridgehead atoms. The second-order valence-corrected chi connectivity index (χ2v) is 33.7. The van der Waals surface area contributed by atoms with Crippen LogP contribution in [0.5, 0.6) is 0 Å². The van der Waals surface area contributed by atoms with Crippen molar-refractivity contribution in [1.29, 1.82) is 0 Å². The topological polar surface area (TPSA) is 237 Å². The van der Waals surface area contributed by atoms with Gasteiger partial charge in [0.1, 0.15) is 19.3 Å². The quantitative estimate of drug-likeness (QED) is 0.0222. The van der Waals surface area contributed by atoms with Crippen molar-refractivity contribution in [2.75, 3.05) is 39.6 Å². The molecule has 0 aliphatic heterocycles. The first-order valence-electron chi connectivity index (χ1n) is 43.0. The summed E-state index contributed by atoms with van der Waals surface area (Å²) in [5, 5.41) is 10.7. The van der Waals surface area contributed by atoms with Crippen molar-refractivity contribution < 1.29 is 80.2 Å². The van der Waals surface area contributed by atoms with Gasteiger partial charge in [0.2, 0.25) is 0 Å². The van der Waals surface area contributed by atoms with Gasteiger partial charge in [-0.3, -0.25) is 37.3 Å². The summed E-state index contributed by atoms with van der Waals surface area (Å²) < 4.78 is 68.8. The van der Waals surface area contributed by atoms with Crippen LogP contribution in [0.25, 0.3) is 0 Å². The van der Waals surface area contributed by atoms with Crippen LogP contribution in [0.1, 0.15) is 440 Å². The highest BCUT2D eigenvalue weighted by Crippen LogP contribution is 2.45. The highest BCUT2D eigenvalue weighted by molar-refractivity contribution is 7.47. The molecule has 19 heteroatoms. The van der Waals surface area contributed by atoms with Crippen LogP contribution in [0.2, 0.25) is 0 Å². The molecule has 0 aromatic rings. The van der Waals surface area contributed by atoms with Gasteiger partial charge < -0.3 is 33.8 Å². The van der Waals surface area contributed by atoms with E-state index in [0.717, 1.165) is 102 Å². The molecule has 0 aromatic heterocycles. The van der Waals surface area contributed by atoms with Crippen molar-refractivity contribution in [2.24, 2.45) is 11.8 Å². The number of rotatable bonds is 82. The Labute approximate surface area is 626 Å². The fourth-order valence-electron chi connectivity index (χ4n) is 12.9. The van der Waals surface area contributed by atoms with Crippen LogP contribution in [0, 0.1) is 11.8 Å². The van der Waals surface area contributed by atoms with E-state index in [1.165, 1.54) is 257 Å². The van der Waals surface area contributed by atoms with Crippen LogP contribution >= 0.6 is 15.6 Å². The minimum Gasteiger partial charge on any atom is -0.462 e. The fourth-order valence-corrected chi connectivity index (χ4v) is 14.5. The van der Waals surface area contributed by atoms with Gasteiger partial charge in [-0.15, -0.1) is 0 Å². The maximum atomic E-state index is 13.1. The minimum atomic E-state index is -4.96. The summed E-state index contributed by atoms with van der Waals surface area (Å²) >= 11 is 0.